The molecule has 102 valence electrons. The van der Waals surface area contributed by atoms with Crippen molar-refractivity contribution in [2.24, 2.45) is 5.73 Å². The molecule has 0 saturated heterocycles. The van der Waals surface area contributed by atoms with Gasteiger partial charge in [-0.1, -0.05) is 17.7 Å². The molecule has 1 aromatic carbocycles. The second kappa shape index (κ2) is 5.89. The summed E-state index contributed by atoms with van der Waals surface area (Å²) in [5.41, 5.74) is 8.00. The minimum atomic E-state index is 0.332. The van der Waals surface area contributed by atoms with Crippen LogP contribution in [0.5, 0.6) is 11.5 Å². The highest BCUT2D eigenvalue weighted by molar-refractivity contribution is 5.39. The number of ether oxygens (including phenoxy) is 1. The van der Waals surface area contributed by atoms with Crippen molar-refractivity contribution >= 4 is 0 Å². The van der Waals surface area contributed by atoms with E-state index in [-0.39, 0.29) is 0 Å². The van der Waals surface area contributed by atoms with E-state index in [4.69, 9.17) is 10.5 Å². The highest BCUT2D eigenvalue weighted by Crippen LogP contribution is 2.26. The van der Waals surface area contributed by atoms with Crippen LogP contribution in [0.2, 0.25) is 0 Å². The highest BCUT2D eigenvalue weighted by Gasteiger charge is 2.07. The normalized spacial score (nSPS) is 11.0. The molecule has 4 nitrogen and oxygen atoms in total. The molecular weight excluding hydrogens is 238 g/mol. The lowest BCUT2D eigenvalue weighted by Gasteiger charge is -2.10. The lowest BCUT2D eigenvalue weighted by atomic mass is 10.1. The molecule has 0 saturated carbocycles. The van der Waals surface area contributed by atoms with E-state index in [2.05, 4.69) is 31.9 Å². The fourth-order valence-electron chi connectivity index (χ4n) is 1.94. The van der Waals surface area contributed by atoms with Crippen molar-refractivity contribution in [3.8, 4) is 11.5 Å². The molecule has 2 N–H and O–H groups in total. The Bertz CT molecular complexity index is 546. The summed E-state index contributed by atoms with van der Waals surface area (Å²) in [6, 6.07) is 6.49. The van der Waals surface area contributed by atoms with Gasteiger partial charge in [0.2, 0.25) is 0 Å². The summed E-state index contributed by atoms with van der Waals surface area (Å²) in [6.45, 7) is 6.86. The molecule has 0 atom stereocenters. The van der Waals surface area contributed by atoms with Crippen LogP contribution in [0.3, 0.4) is 0 Å². The maximum Gasteiger partial charge on any atom is 0.165 e. The molecule has 0 fully saturated rings. The number of hydrogen-bond donors (Lipinski definition) is 1. The molecule has 0 unspecified atom stereocenters. The summed E-state index contributed by atoms with van der Waals surface area (Å²) in [7, 11) is 0. The van der Waals surface area contributed by atoms with Crippen LogP contribution in [0.25, 0.3) is 0 Å². The smallest absolute Gasteiger partial charge is 0.165 e. The Hall–Kier alpha value is -1.81. The van der Waals surface area contributed by atoms with Crippen molar-refractivity contribution in [1.82, 2.24) is 9.78 Å². The average Bonchev–Trinajstić information content (AvgIpc) is 2.82. The highest BCUT2D eigenvalue weighted by atomic mass is 16.5. The SMILES string of the molecule is Cc1ccc(Oc2cnn(C(C)C)c2)c(CCN)c1. The van der Waals surface area contributed by atoms with Crippen molar-refractivity contribution in [2.45, 2.75) is 33.2 Å². The summed E-state index contributed by atoms with van der Waals surface area (Å²) < 4.78 is 7.79. The minimum Gasteiger partial charge on any atom is -0.454 e. The lowest BCUT2D eigenvalue weighted by Crippen LogP contribution is -2.04. The topological polar surface area (TPSA) is 53.1 Å². The summed E-state index contributed by atoms with van der Waals surface area (Å²) in [5.74, 6) is 1.62. The van der Waals surface area contributed by atoms with Gasteiger partial charge in [0.15, 0.2) is 5.75 Å². The Morgan fingerprint density at radius 3 is 2.79 bits per heavy atom. The van der Waals surface area contributed by atoms with Crippen LogP contribution in [0.15, 0.2) is 30.6 Å². The molecule has 19 heavy (non-hydrogen) atoms. The van der Waals surface area contributed by atoms with E-state index < -0.39 is 0 Å². The summed E-state index contributed by atoms with van der Waals surface area (Å²) >= 11 is 0. The molecule has 1 aromatic heterocycles. The largest absolute Gasteiger partial charge is 0.454 e. The van der Waals surface area contributed by atoms with E-state index in [1.165, 1.54) is 5.56 Å². The van der Waals surface area contributed by atoms with Crippen LogP contribution < -0.4 is 10.5 Å². The van der Waals surface area contributed by atoms with E-state index in [1.807, 2.05) is 23.0 Å². The van der Waals surface area contributed by atoms with Crippen LogP contribution in [-0.4, -0.2) is 16.3 Å². The molecule has 0 amide bonds. The molecule has 0 spiro atoms. The molecule has 2 rings (SSSR count). The molecule has 2 aromatic rings. The zero-order valence-electron chi connectivity index (χ0n) is 11.8. The number of hydrogen-bond acceptors (Lipinski definition) is 3. The van der Waals surface area contributed by atoms with Gasteiger partial charge in [0, 0.05) is 6.04 Å². The first-order chi connectivity index (χ1) is 9.10. The summed E-state index contributed by atoms with van der Waals surface area (Å²) in [4.78, 5) is 0. The van der Waals surface area contributed by atoms with Gasteiger partial charge in [-0.05, 0) is 45.4 Å². The van der Waals surface area contributed by atoms with Crippen LogP contribution in [0.4, 0.5) is 0 Å². The van der Waals surface area contributed by atoms with Crippen LogP contribution in [0, 0.1) is 6.92 Å². The number of aromatic nitrogens is 2. The van der Waals surface area contributed by atoms with E-state index >= 15 is 0 Å². The first-order valence-electron chi connectivity index (χ1n) is 6.61. The van der Waals surface area contributed by atoms with Crippen LogP contribution in [0.1, 0.15) is 31.0 Å². The fraction of sp³-hybridized carbons (Fsp3) is 0.400. The molecule has 0 aliphatic heterocycles. The molecule has 0 radical (unpaired) electrons. The van der Waals surface area contributed by atoms with Gasteiger partial charge >= 0.3 is 0 Å². The Morgan fingerprint density at radius 2 is 2.16 bits per heavy atom. The van der Waals surface area contributed by atoms with Crippen molar-refractivity contribution in [3.05, 3.63) is 41.7 Å². The maximum atomic E-state index is 5.91. The maximum absolute atomic E-state index is 5.91. The number of rotatable bonds is 5. The number of aryl methyl sites for hydroxylation is 1. The van der Waals surface area contributed by atoms with Gasteiger partial charge in [-0.2, -0.15) is 5.10 Å². The van der Waals surface area contributed by atoms with E-state index in [0.29, 0.717) is 12.6 Å². The monoisotopic (exact) mass is 259 g/mol. The number of benzene rings is 1. The van der Waals surface area contributed by atoms with E-state index in [9.17, 15) is 0 Å². The van der Waals surface area contributed by atoms with Crippen molar-refractivity contribution in [1.29, 1.82) is 0 Å². The second-order valence-electron chi connectivity index (χ2n) is 5.00. The van der Waals surface area contributed by atoms with Crippen LogP contribution >= 0.6 is 0 Å². The van der Waals surface area contributed by atoms with Crippen LogP contribution in [-0.2, 0) is 6.42 Å². The first kappa shape index (κ1) is 13.6. The van der Waals surface area contributed by atoms with Crippen molar-refractivity contribution in [3.63, 3.8) is 0 Å². The first-order valence-corrected chi connectivity index (χ1v) is 6.61. The molecule has 0 bridgehead atoms. The second-order valence-corrected chi connectivity index (χ2v) is 5.00. The summed E-state index contributed by atoms with van der Waals surface area (Å²) in [6.07, 6.45) is 4.47. The third-order valence-corrected chi connectivity index (χ3v) is 2.96. The van der Waals surface area contributed by atoms with E-state index in [1.54, 1.807) is 6.20 Å². The molecule has 0 aliphatic rings. The van der Waals surface area contributed by atoms with Gasteiger partial charge in [0.25, 0.3) is 0 Å². The minimum absolute atomic E-state index is 0.332. The fourth-order valence-corrected chi connectivity index (χ4v) is 1.94. The molecular formula is C15H21N3O. The quantitative estimate of drug-likeness (QED) is 0.897. The number of nitrogens with zero attached hydrogens (tertiary/aromatic N) is 2. The standard InChI is InChI=1S/C15H21N3O/c1-11(2)18-10-14(9-17-18)19-15-5-4-12(3)8-13(15)6-7-16/h4-5,8-11H,6-7,16H2,1-3H3. The molecule has 1 heterocycles. The van der Waals surface area contributed by atoms with Gasteiger partial charge < -0.3 is 10.5 Å². The Balaban J connectivity index is 2.21. The van der Waals surface area contributed by atoms with Gasteiger partial charge in [-0.15, -0.1) is 0 Å². The third kappa shape index (κ3) is 3.35. The molecule has 0 aliphatic carbocycles. The number of nitrogens with two attached hydrogens (primary N) is 1. The lowest BCUT2D eigenvalue weighted by molar-refractivity contribution is 0.471. The zero-order valence-corrected chi connectivity index (χ0v) is 11.8. The third-order valence-electron chi connectivity index (χ3n) is 2.96. The van der Waals surface area contributed by atoms with Gasteiger partial charge in [0.1, 0.15) is 5.75 Å². The average molecular weight is 259 g/mol. The molecule has 4 heteroatoms. The van der Waals surface area contributed by atoms with Gasteiger partial charge in [-0.3, -0.25) is 4.68 Å². The Labute approximate surface area is 114 Å². The predicted molar refractivity (Wildman–Crippen MR) is 76.6 cm³/mol. The Morgan fingerprint density at radius 1 is 1.37 bits per heavy atom. The van der Waals surface area contributed by atoms with Gasteiger partial charge in [0.05, 0.1) is 12.4 Å². The van der Waals surface area contributed by atoms with E-state index in [0.717, 1.165) is 23.5 Å². The van der Waals surface area contributed by atoms with Crippen molar-refractivity contribution in [2.75, 3.05) is 6.54 Å². The van der Waals surface area contributed by atoms with Crippen molar-refractivity contribution < 1.29 is 4.74 Å². The zero-order chi connectivity index (χ0) is 13.8. The van der Waals surface area contributed by atoms with Gasteiger partial charge in [-0.25, -0.2) is 0 Å². The Kier molecular flexibility index (Phi) is 4.22. The predicted octanol–water partition coefficient (Wildman–Crippen LogP) is 3.07. The summed E-state index contributed by atoms with van der Waals surface area (Å²) in [5, 5.41) is 4.27.